The highest BCUT2D eigenvalue weighted by atomic mass is 16.5. The summed E-state index contributed by atoms with van der Waals surface area (Å²) in [6.45, 7) is 3.82. The van der Waals surface area contributed by atoms with Crippen molar-refractivity contribution in [2.24, 2.45) is 0 Å². The third-order valence-electron chi connectivity index (χ3n) is 3.20. The van der Waals surface area contributed by atoms with Gasteiger partial charge in [0.1, 0.15) is 11.3 Å². The molecule has 0 aliphatic carbocycles. The molecule has 0 bridgehead atoms. The average Bonchev–Trinajstić information content (AvgIpc) is 2.50. The standard InChI is InChI=1S/C17H16O3/c1-3-13(12-8-5-4-6-9-12)14-10-7-11-15(16(14)18)17(19)20-2/h3-11,13,18H,1H2,2H3. The predicted molar refractivity (Wildman–Crippen MR) is 77.9 cm³/mol. The number of hydrogen-bond donors (Lipinski definition) is 1. The molecule has 0 saturated heterocycles. The number of methoxy groups -OCH3 is 1. The van der Waals surface area contributed by atoms with Gasteiger partial charge in [0, 0.05) is 11.5 Å². The van der Waals surface area contributed by atoms with Crippen LogP contribution in [-0.4, -0.2) is 18.2 Å². The topological polar surface area (TPSA) is 46.5 Å². The minimum absolute atomic E-state index is 0.0619. The van der Waals surface area contributed by atoms with Crippen molar-refractivity contribution >= 4 is 5.97 Å². The Balaban J connectivity index is 2.51. The van der Waals surface area contributed by atoms with Crippen molar-refractivity contribution in [2.45, 2.75) is 5.92 Å². The first-order valence-corrected chi connectivity index (χ1v) is 6.26. The maximum atomic E-state index is 11.6. The number of rotatable bonds is 4. The van der Waals surface area contributed by atoms with Crippen LogP contribution in [0.25, 0.3) is 0 Å². The van der Waals surface area contributed by atoms with E-state index in [-0.39, 0.29) is 17.2 Å². The lowest BCUT2D eigenvalue weighted by Gasteiger charge is -2.16. The summed E-state index contributed by atoms with van der Waals surface area (Å²) in [6, 6.07) is 14.7. The Bertz CT molecular complexity index is 617. The zero-order valence-electron chi connectivity index (χ0n) is 11.2. The molecule has 2 aromatic carbocycles. The normalized spacial score (nSPS) is 11.7. The molecule has 3 nitrogen and oxygen atoms in total. The third-order valence-corrected chi connectivity index (χ3v) is 3.20. The first-order chi connectivity index (χ1) is 9.69. The lowest BCUT2D eigenvalue weighted by atomic mass is 9.89. The number of allylic oxidation sites excluding steroid dienone is 1. The molecule has 0 heterocycles. The molecule has 0 aromatic heterocycles. The summed E-state index contributed by atoms with van der Waals surface area (Å²) in [7, 11) is 1.29. The van der Waals surface area contributed by atoms with Gasteiger partial charge in [-0.05, 0) is 11.6 Å². The lowest BCUT2D eigenvalue weighted by Crippen LogP contribution is -2.05. The van der Waals surface area contributed by atoms with Gasteiger partial charge >= 0.3 is 5.97 Å². The van der Waals surface area contributed by atoms with E-state index in [2.05, 4.69) is 11.3 Å². The van der Waals surface area contributed by atoms with Gasteiger partial charge in [0.15, 0.2) is 0 Å². The van der Waals surface area contributed by atoms with E-state index in [9.17, 15) is 9.90 Å². The van der Waals surface area contributed by atoms with Gasteiger partial charge in [-0.25, -0.2) is 4.79 Å². The van der Waals surface area contributed by atoms with Crippen molar-refractivity contribution in [1.29, 1.82) is 0 Å². The molecule has 0 spiro atoms. The monoisotopic (exact) mass is 268 g/mol. The van der Waals surface area contributed by atoms with Gasteiger partial charge in [-0.2, -0.15) is 0 Å². The summed E-state index contributed by atoms with van der Waals surface area (Å²) in [4.78, 5) is 11.6. The SMILES string of the molecule is C=CC(c1ccccc1)c1cccc(C(=O)OC)c1O. The number of hydrogen-bond acceptors (Lipinski definition) is 3. The number of esters is 1. The summed E-state index contributed by atoms with van der Waals surface area (Å²) in [5.41, 5.74) is 1.79. The molecule has 0 aliphatic rings. The van der Waals surface area contributed by atoms with E-state index in [4.69, 9.17) is 0 Å². The average molecular weight is 268 g/mol. The van der Waals surface area contributed by atoms with Crippen LogP contribution < -0.4 is 0 Å². The smallest absolute Gasteiger partial charge is 0.341 e. The number of carbonyl (C=O) groups excluding carboxylic acids is 1. The Kier molecular flexibility index (Phi) is 4.20. The quantitative estimate of drug-likeness (QED) is 0.682. The van der Waals surface area contributed by atoms with Crippen LogP contribution in [0.5, 0.6) is 5.75 Å². The van der Waals surface area contributed by atoms with Crippen LogP contribution in [-0.2, 0) is 4.74 Å². The van der Waals surface area contributed by atoms with Crippen LogP contribution in [0.4, 0.5) is 0 Å². The molecule has 1 N–H and O–H groups in total. The van der Waals surface area contributed by atoms with Gasteiger partial charge in [0.25, 0.3) is 0 Å². The van der Waals surface area contributed by atoms with Crippen LogP contribution in [0.2, 0.25) is 0 Å². The van der Waals surface area contributed by atoms with Gasteiger partial charge in [0.05, 0.1) is 7.11 Å². The highest BCUT2D eigenvalue weighted by Crippen LogP contribution is 2.34. The number of phenolic OH excluding ortho intramolecular Hbond substituents is 1. The summed E-state index contributed by atoms with van der Waals surface area (Å²) < 4.78 is 4.67. The number of phenols is 1. The first kappa shape index (κ1) is 13.9. The molecule has 0 fully saturated rings. The van der Waals surface area contributed by atoms with Crippen LogP contribution in [0.3, 0.4) is 0 Å². The van der Waals surface area contributed by atoms with E-state index in [1.807, 2.05) is 30.3 Å². The second kappa shape index (κ2) is 6.06. The molecule has 3 heteroatoms. The van der Waals surface area contributed by atoms with Crippen molar-refractivity contribution in [2.75, 3.05) is 7.11 Å². The predicted octanol–water partition coefficient (Wildman–Crippen LogP) is 3.50. The molecule has 1 atom stereocenters. The van der Waals surface area contributed by atoms with Crippen molar-refractivity contribution in [1.82, 2.24) is 0 Å². The van der Waals surface area contributed by atoms with Gasteiger partial charge < -0.3 is 9.84 Å². The fourth-order valence-corrected chi connectivity index (χ4v) is 2.19. The summed E-state index contributed by atoms with van der Waals surface area (Å²) >= 11 is 0. The molecule has 2 rings (SSSR count). The number of ether oxygens (including phenoxy) is 1. The fraction of sp³-hybridized carbons (Fsp3) is 0.118. The number of carbonyl (C=O) groups is 1. The van der Waals surface area contributed by atoms with E-state index in [1.165, 1.54) is 13.2 Å². The van der Waals surface area contributed by atoms with E-state index < -0.39 is 5.97 Å². The number of para-hydroxylation sites is 1. The summed E-state index contributed by atoms with van der Waals surface area (Å²) in [5.74, 6) is -0.797. The first-order valence-electron chi connectivity index (χ1n) is 6.26. The molecule has 0 radical (unpaired) electrons. The van der Waals surface area contributed by atoms with Gasteiger partial charge in [0.2, 0.25) is 0 Å². The molecule has 20 heavy (non-hydrogen) atoms. The molecule has 0 saturated carbocycles. The van der Waals surface area contributed by atoms with Gasteiger partial charge in [-0.3, -0.25) is 0 Å². The van der Waals surface area contributed by atoms with E-state index in [0.29, 0.717) is 5.56 Å². The Morgan fingerprint density at radius 1 is 1.20 bits per heavy atom. The minimum atomic E-state index is -0.555. The van der Waals surface area contributed by atoms with Crippen LogP contribution in [0.15, 0.2) is 61.2 Å². The molecule has 1 unspecified atom stereocenters. The van der Waals surface area contributed by atoms with Gasteiger partial charge in [-0.1, -0.05) is 48.5 Å². The van der Waals surface area contributed by atoms with E-state index in [1.54, 1.807) is 18.2 Å². The van der Waals surface area contributed by atoms with Crippen molar-refractivity contribution in [3.05, 3.63) is 77.9 Å². The largest absolute Gasteiger partial charge is 0.507 e. The molecular formula is C17H16O3. The summed E-state index contributed by atoms with van der Waals surface area (Å²) in [6.07, 6.45) is 1.74. The Morgan fingerprint density at radius 2 is 1.90 bits per heavy atom. The second-order valence-electron chi connectivity index (χ2n) is 4.36. The lowest BCUT2D eigenvalue weighted by molar-refractivity contribution is 0.0597. The minimum Gasteiger partial charge on any atom is -0.507 e. The Labute approximate surface area is 118 Å². The van der Waals surface area contributed by atoms with Gasteiger partial charge in [-0.15, -0.1) is 6.58 Å². The summed E-state index contributed by atoms with van der Waals surface area (Å²) in [5, 5.41) is 10.3. The molecule has 0 amide bonds. The highest BCUT2D eigenvalue weighted by Gasteiger charge is 2.19. The molecule has 0 aliphatic heterocycles. The van der Waals surface area contributed by atoms with E-state index in [0.717, 1.165) is 5.56 Å². The second-order valence-corrected chi connectivity index (χ2v) is 4.36. The molecule has 2 aromatic rings. The van der Waals surface area contributed by atoms with Crippen LogP contribution in [0, 0.1) is 0 Å². The Hall–Kier alpha value is -2.55. The van der Waals surface area contributed by atoms with Crippen LogP contribution >= 0.6 is 0 Å². The Morgan fingerprint density at radius 3 is 2.50 bits per heavy atom. The zero-order chi connectivity index (χ0) is 14.5. The maximum Gasteiger partial charge on any atom is 0.341 e. The maximum absolute atomic E-state index is 11.6. The van der Waals surface area contributed by atoms with Crippen molar-refractivity contribution in [3.8, 4) is 5.75 Å². The molecular weight excluding hydrogens is 252 g/mol. The van der Waals surface area contributed by atoms with Crippen LogP contribution in [0.1, 0.15) is 27.4 Å². The number of aromatic hydroxyl groups is 1. The van der Waals surface area contributed by atoms with E-state index >= 15 is 0 Å². The molecule has 102 valence electrons. The zero-order valence-corrected chi connectivity index (χ0v) is 11.2. The fourth-order valence-electron chi connectivity index (χ4n) is 2.19. The van der Waals surface area contributed by atoms with Crippen molar-refractivity contribution < 1.29 is 14.6 Å². The van der Waals surface area contributed by atoms with Crippen molar-refractivity contribution in [3.63, 3.8) is 0 Å². The number of benzene rings is 2. The third kappa shape index (κ3) is 2.57. The highest BCUT2D eigenvalue weighted by molar-refractivity contribution is 5.93.